The van der Waals surface area contributed by atoms with Crippen LogP contribution >= 0.6 is 0 Å². The summed E-state index contributed by atoms with van der Waals surface area (Å²) in [4.78, 5) is 89.8. The maximum atomic E-state index is 13.4. The summed E-state index contributed by atoms with van der Waals surface area (Å²) >= 11 is 0. The number of ether oxygens (including phenoxy) is 8. The van der Waals surface area contributed by atoms with Crippen LogP contribution in [0, 0.1) is 35.5 Å². The topological polar surface area (TPSA) is 226 Å². The van der Waals surface area contributed by atoms with Crippen LogP contribution in [0.25, 0.3) is 0 Å². The molecule has 0 saturated carbocycles. The monoisotopic (exact) mass is 835 g/mol. The maximum Gasteiger partial charge on any atom is 0.330 e. The molecule has 18 heteroatoms. The number of rotatable bonds is 15. The Kier molecular flexibility index (Phi) is 16.6. The lowest BCUT2D eigenvalue weighted by molar-refractivity contribution is -0.341. The van der Waals surface area contributed by atoms with Crippen LogP contribution in [0.4, 0.5) is 0 Å². The van der Waals surface area contributed by atoms with Crippen molar-refractivity contribution in [2.45, 2.75) is 150 Å². The van der Waals surface area contributed by atoms with Crippen molar-refractivity contribution in [3.05, 3.63) is 45.3 Å². The number of amides is 1. The Bertz CT molecular complexity index is 1790. The fourth-order valence-corrected chi connectivity index (χ4v) is 7.96. The van der Waals surface area contributed by atoms with Gasteiger partial charge in [0.15, 0.2) is 24.9 Å². The van der Waals surface area contributed by atoms with Crippen LogP contribution in [0.1, 0.15) is 95.2 Å². The van der Waals surface area contributed by atoms with Crippen molar-refractivity contribution in [2.75, 3.05) is 6.61 Å². The minimum Gasteiger partial charge on any atom is -0.463 e. The van der Waals surface area contributed by atoms with Gasteiger partial charge in [0.05, 0.1) is 12.1 Å². The van der Waals surface area contributed by atoms with Crippen LogP contribution in [-0.2, 0) is 61.9 Å². The molecule has 3 fully saturated rings. The second-order valence-corrected chi connectivity index (χ2v) is 16.4. The van der Waals surface area contributed by atoms with Crippen LogP contribution in [0.3, 0.4) is 0 Å². The molecule has 59 heavy (non-hydrogen) atoms. The summed E-state index contributed by atoms with van der Waals surface area (Å²) in [6.45, 7) is 18.5. The quantitative estimate of drug-likeness (QED) is 0.147. The Morgan fingerprint density at radius 3 is 2.03 bits per heavy atom. The Balaban J connectivity index is 1.74. The summed E-state index contributed by atoms with van der Waals surface area (Å²) in [5.41, 5.74) is -1.47. The summed E-state index contributed by atoms with van der Waals surface area (Å²) in [7, 11) is 0. The van der Waals surface area contributed by atoms with E-state index < -0.39 is 114 Å². The SMILES string of the molecule is CC(=O)OC[C@@H]1O[C@H](O[C@@H]2O[C@H](C[C@@H](OC(C)=O)[C@H]3O[C@@H](n4ccc(=O)[nH]c4=O)[C@H](OC(C)=O)[C@@H]3C)C(OC(C)=O)C(C)[C@H]2NC(=O)C=CCC(C)C)C(C)C(C)[C@@H]1C. The molecule has 0 aromatic carbocycles. The predicted molar refractivity (Wildman–Crippen MR) is 208 cm³/mol. The van der Waals surface area contributed by atoms with Gasteiger partial charge in [0.25, 0.3) is 5.56 Å². The van der Waals surface area contributed by atoms with Gasteiger partial charge in [-0.25, -0.2) is 4.79 Å². The molecule has 15 atom stereocenters. The zero-order valence-electron chi connectivity index (χ0n) is 35.7. The summed E-state index contributed by atoms with van der Waals surface area (Å²) in [5, 5.41) is 2.99. The minimum atomic E-state index is -1.23. The van der Waals surface area contributed by atoms with Crippen molar-refractivity contribution in [1.82, 2.24) is 14.9 Å². The van der Waals surface area contributed by atoms with E-state index in [4.69, 9.17) is 37.9 Å². The number of hydrogen-bond donors (Lipinski definition) is 2. The molecule has 3 saturated heterocycles. The van der Waals surface area contributed by atoms with Crippen LogP contribution < -0.4 is 16.6 Å². The third-order valence-electron chi connectivity index (χ3n) is 11.4. The number of esters is 4. The highest BCUT2D eigenvalue weighted by molar-refractivity contribution is 5.87. The molecule has 18 nitrogen and oxygen atoms in total. The van der Waals surface area contributed by atoms with Crippen molar-refractivity contribution in [1.29, 1.82) is 0 Å². The van der Waals surface area contributed by atoms with Gasteiger partial charge in [0.2, 0.25) is 5.91 Å². The Hall–Kier alpha value is -4.39. The van der Waals surface area contributed by atoms with Gasteiger partial charge in [0.1, 0.15) is 31.0 Å². The predicted octanol–water partition coefficient (Wildman–Crippen LogP) is 2.92. The average molecular weight is 836 g/mol. The van der Waals surface area contributed by atoms with Crippen LogP contribution in [0.5, 0.6) is 0 Å². The molecule has 0 spiro atoms. The van der Waals surface area contributed by atoms with E-state index in [1.54, 1.807) is 19.9 Å². The van der Waals surface area contributed by atoms with Crippen LogP contribution in [0.15, 0.2) is 34.0 Å². The molecular formula is C41H61N3O15. The van der Waals surface area contributed by atoms with Crippen molar-refractivity contribution < 1.29 is 61.9 Å². The second kappa shape index (κ2) is 20.7. The lowest BCUT2D eigenvalue weighted by Gasteiger charge is -2.49. The number of nitrogens with zero attached hydrogens (tertiary/aromatic N) is 1. The van der Waals surface area contributed by atoms with Gasteiger partial charge in [-0.1, -0.05) is 54.5 Å². The first-order valence-electron chi connectivity index (χ1n) is 20.2. The third kappa shape index (κ3) is 12.3. The number of H-pyrrole nitrogens is 1. The van der Waals surface area contributed by atoms with Gasteiger partial charge in [0, 0.05) is 64.1 Å². The van der Waals surface area contributed by atoms with Gasteiger partial charge in [-0.15, -0.1) is 0 Å². The molecule has 0 aliphatic carbocycles. The summed E-state index contributed by atoms with van der Waals surface area (Å²) in [6, 6.07) is 0.215. The molecule has 330 valence electrons. The maximum absolute atomic E-state index is 13.4. The highest BCUT2D eigenvalue weighted by Crippen LogP contribution is 2.42. The van der Waals surface area contributed by atoms with Gasteiger partial charge >= 0.3 is 29.6 Å². The van der Waals surface area contributed by atoms with Crippen LogP contribution in [0.2, 0.25) is 0 Å². The number of carbonyl (C=O) groups excluding carboxylic acids is 5. The van der Waals surface area contributed by atoms with Crippen molar-refractivity contribution in [3.63, 3.8) is 0 Å². The van der Waals surface area contributed by atoms with E-state index in [1.165, 1.54) is 40.0 Å². The molecular weight excluding hydrogens is 774 g/mol. The largest absolute Gasteiger partial charge is 0.463 e. The first-order chi connectivity index (χ1) is 27.7. The molecule has 2 N–H and O–H groups in total. The zero-order chi connectivity index (χ0) is 43.9. The van der Waals surface area contributed by atoms with E-state index in [-0.39, 0.29) is 30.8 Å². The number of allylic oxidation sites excluding steroid dienone is 1. The van der Waals surface area contributed by atoms with E-state index in [2.05, 4.69) is 10.3 Å². The lowest BCUT2D eigenvalue weighted by atomic mass is 9.79. The third-order valence-corrected chi connectivity index (χ3v) is 11.4. The molecule has 4 rings (SSSR count). The highest BCUT2D eigenvalue weighted by atomic mass is 16.8. The molecule has 0 bridgehead atoms. The summed E-state index contributed by atoms with van der Waals surface area (Å²) in [5.74, 6) is -4.12. The summed E-state index contributed by atoms with van der Waals surface area (Å²) < 4.78 is 49.9. The van der Waals surface area contributed by atoms with E-state index in [0.29, 0.717) is 12.3 Å². The minimum absolute atomic E-state index is 0.00252. The van der Waals surface area contributed by atoms with Gasteiger partial charge in [-0.2, -0.15) is 0 Å². The Labute approximate surface area is 343 Å². The van der Waals surface area contributed by atoms with Gasteiger partial charge < -0.3 is 43.2 Å². The molecule has 1 aromatic rings. The first kappa shape index (κ1) is 47.3. The van der Waals surface area contributed by atoms with E-state index in [9.17, 15) is 33.6 Å². The van der Waals surface area contributed by atoms with E-state index in [1.807, 2.05) is 34.6 Å². The molecule has 4 unspecified atom stereocenters. The van der Waals surface area contributed by atoms with Gasteiger partial charge in [-0.05, 0) is 30.3 Å². The molecule has 0 radical (unpaired) electrons. The Morgan fingerprint density at radius 2 is 1.44 bits per heavy atom. The molecule has 3 aliphatic rings. The van der Waals surface area contributed by atoms with Gasteiger partial charge in [-0.3, -0.25) is 38.3 Å². The number of aromatic nitrogens is 2. The molecule has 3 aliphatic heterocycles. The smallest absolute Gasteiger partial charge is 0.330 e. The standard InChI is InChI=1S/C41H61N3O15/c1-19(2)13-12-14-32(49)42-34-23(6)35(54-27(10)47)30(56-40(34)59-39-22(5)20(3)21(4)31(57-39)18-52-25(8)45)17-29(53-26(9)46)36-24(7)37(55-28(11)48)38(58-36)44-16-15-33(50)43-41(44)51/h12,14-16,19-24,29-31,34-40H,13,17-18H2,1-11H3,(H,42,49)(H,43,50,51)/t20?,21-,22?,23?,24+,29+,30+,31-,34+,35?,36-,37+,38+,39+,40-/m0/s1. The fourth-order valence-electron chi connectivity index (χ4n) is 7.96. The zero-order valence-corrected chi connectivity index (χ0v) is 35.7. The number of aromatic amines is 1. The van der Waals surface area contributed by atoms with E-state index in [0.717, 1.165) is 10.6 Å². The molecule has 4 heterocycles. The first-order valence-corrected chi connectivity index (χ1v) is 20.2. The number of carbonyl (C=O) groups is 5. The van der Waals surface area contributed by atoms with Crippen molar-refractivity contribution >= 4 is 29.8 Å². The highest BCUT2D eigenvalue weighted by Gasteiger charge is 2.54. The summed E-state index contributed by atoms with van der Waals surface area (Å²) in [6.07, 6.45) is -4.30. The fraction of sp³-hybridized carbons (Fsp3) is 0.732. The second-order valence-electron chi connectivity index (χ2n) is 16.4. The van der Waals surface area contributed by atoms with Crippen molar-refractivity contribution in [3.8, 4) is 0 Å². The molecule has 1 aromatic heterocycles. The normalized spacial score (nSPS) is 33.9. The van der Waals surface area contributed by atoms with Crippen LogP contribution in [-0.4, -0.2) is 101 Å². The number of hydrogen-bond acceptors (Lipinski definition) is 15. The molecule has 1 amide bonds. The average Bonchev–Trinajstić information content (AvgIpc) is 3.44. The van der Waals surface area contributed by atoms with E-state index >= 15 is 0 Å². The van der Waals surface area contributed by atoms with Crippen molar-refractivity contribution in [2.24, 2.45) is 35.5 Å². The Morgan fingerprint density at radius 1 is 0.797 bits per heavy atom. The lowest BCUT2D eigenvalue weighted by Crippen LogP contribution is -2.63. The number of nitrogens with one attached hydrogen (secondary N) is 2.